The summed E-state index contributed by atoms with van der Waals surface area (Å²) in [6.07, 6.45) is 8.65. The fourth-order valence-electron chi connectivity index (χ4n) is 2.23. The van der Waals surface area contributed by atoms with Gasteiger partial charge in [0.05, 0.1) is 0 Å². The van der Waals surface area contributed by atoms with E-state index in [-0.39, 0.29) is 0 Å². The zero-order valence-electron chi connectivity index (χ0n) is 13.1. The SMILES string of the molecule is C=CC[C@H](C)[C@H](C)NCc1ccc(-n2ccnc2C)nc1. The smallest absolute Gasteiger partial charge is 0.137 e. The van der Waals surface area contributed by atoms with E-state index in [9.17, 15) is 0 Å². The van der Waals surface area contributed by atoms with E-state index >= 15 is 0 Å². The molecule has 1 N–H and O–H groups in total. The van der Waals surface area contributed by atoms with Gasteiger partial charge in [-0.15, -0.1) is 6.58 Å². The van der Waals surface area contributed by atoms with Crippen LogP contribution in [0.25, 0.3) is 5.82 Å². The van der Waals surface area contributed by atoms with Crippen molar-refractivity contribution in [3.05, 3.63) is 54.8 Å². The van der Waals surface area contributed by atoms with Gasteiger partial charge in [0.25, 0.3) is 0 Å². The molecular formula is C17H24N4. The summed E-state index contributed by atoms with van der Waals surface area (Å²) >= 11 is 0. The molecule has 0 fully saturated rings. The molecule has 4 heteroatoms. The van der Waals surface area contributed by atoms with Crippen LogP contribution in [0, 0.1) is 12.8 Å². The molecule has 0 spiro atoms. The molecule has 2 atom stereocenters. The Labute approximate surface area is 126 Å². The van der Waals surface area contributed by atoms with E-state index in [4.69, 9.17) is 0 Å². The van der Waals surface area contributed by atoms with Crippen LogP contribution in [-0.4, -0.2) is 20.6 Å². The maximum absolute atomic E-state index is 4.51. The van der Waals surface area contributed by atoms with Gasteiger partial charge in [-0.25, -0.2) is 9.97 Å². The fraction of sp³-hybridized carbons (Fsp3) is 0.412. The van der Waals surface area contributed by atoms with Crippen molar-refractivity contribution < 1.29 is 0 Å². The van der Waals surface area contributed by atoms with Gasteiger partial charge in [-0.3, -0.25) is 4.57 Å². The maximum atomic E-state index is 4.51. The Morgan fingerprint density at radius 2 is 2.14 bits per heavy atom. The summed E-state index contributed by atoms with van der Waals surface area (Å²) in [4.78, 5) is 8.72. The van der Waals surface area contributed by atoms with E-state index in [0.717, 1.165) is 24.6 Å². The molecule has 0 amide bonds. The van der Waals surface area contributed by atoms with Gasteiger partial charge in [-0.1, -0.05) is 19.1 Å². The summed E-state index contributed by atoms with van der Waals surface area (Å²) in [6.45, 7) is 11.1. The number of allylic oxidation sites excluding steroid dienone is 1. The standard InChI is InChI=1S/C17H24N4/c1-5-6-13(2)14(3)19-11-16-7-8-17(20-12-16)21-10-9-18-15(21)4/h5,7-10,12-14,19H,1,6,11H2,2-4H3/t13-,14-/m0/s1. The number of imidazole rings is 1. The van der Waals surface area contributed by atoms with E-state index in [2.05, 4.69) is 41.8 Å². The number of pyridine rings is 1. The van der Waals surface area contributed by atoms with Crippen molar-refractivity contribution >= 4 is 0 Å². The largest absolute Gasteiger partial charge is 0.310 e. The highest BCUT2D eigenvalue weighted by atomic mass is 15.1. The van der Waals surface area contributed by atoms with Gasteiger partial charge in [0.15, 0.2) is 0 Å². The molecule has 21 heavy (non-hydrogen) atoms. The Kier molecular flexibility index (Phi) is 5.28. The minimum atomic E-state index is 0.457. The molecule has 0 aromatic carbocycles. The van der Waals surface area contributed by atoms with Crippen LogP contribution in [0.15, 0.2) is 43.4 Å². The number of hydrogen-bond acceptors (Lipinski definition) is 3. The second-order valence-corrected chi connectivity index (χ2v) is 5.54. The molecule has 0 saturated carbocycles. The third-order valence-corrected chi connectivity index (χ3v) is 3.90. The Hall–Kier alpha value is -1.94. The van der Waals surface area contributed by atoms with Crippen molar-refractivity contribution in [3.63, 3.8) is 0 Å². The second kappa shape index (κ2) is 7.18. The van der Waals surface area contributed by atoms with Crippen LogP contribution in [0.5, 0.6) is 0 Å². The number of nitrogens with zero attached hydrogens (tertiary/aromatic N) is 3. The summed E-state index contributed by atoms with van der Waals surface area (Å²) in [7, 11) is 0. The van der Waals surface area contributed by atoms with Gasteiger partial charge in [-0.2, -0.15) is 0 Å². The number of rotatable bonds is 7. The minimum Gasteiger partial charge on any atom is -0.310 e. The lowest BCUT2D eigenvalue weighted by atomic mass is 10.00. The van der Waals surface area contributed by atoms with Gasteiger partial charge >= 0.3 is 0 Å². The molecule has 0 saturated heterocycles. The summed E-state index contributed by atoms with van der Waals surface area (Å²) in [5.41, 5.74) is 1.19. The molecule has 0 aliphatic heterocycles. The lowest BCUT2D eigenvalue weighted by Crippen LogP contribution is -2.31. The van der Waals surface area contributed by atoms with Gasteiger partial charge in [0.2, 0.25) is 0 Å². The first-order valence-corrected chi connectivity index (χ1v) is 7.41. The molecule has 2 rings (SSSR count). The van der Waals surface area contributed by atoms with E-state index < -0.39 is 0 Å². The zero-order chi connectivity index (χ0) is 15.2. The average Bonchev–Trinajstić information content (AvgIpc) is 2.91. The van der Waals surface area contributed by atoms with Crippen molar-refractivity contribution in [2.24, 2.45) is 5.92 Å². The van der Waals surface area contributed by atoms with Crippen LogP contribution in [0.4, 0.5) is 0 Å². The van der Waals surface area contributed by atoms with Crippen molar-refractivity contribution in [2.75, 3.05) is 0 Å². The van der Waals surface area contributed by atoms with Gasteiger partial charge < -0.3 is 5.32 Å². The first-order chi connectivity index (χ1) is 10.1. The van der Waals surface area contributed by atoms with E-state index in [0.29, 0.717) is 12.0 Å². The number of hydrogen-bond donors (Lipinski definition) is 1. The van der Waals surface area contributed by atoms with Crippen molar-refractivity contribution in [3.8, 4) is 5.82 Å². The Morgan fingerprint density at radius 1 is 1.33 bits per heavy atom. The summed E-state index contributed by atoms with van der Waals surface area (Å²) in [5, 5.41) is 3.54. The molecule has 0 bridgehead atoms. The normalized spacial score (nSPS) is 13.9. The van der Waals surface area contributed by atoms with Crippen molar-refractivity contribution in [2.45, 2.75) is 39.8 Å². The van der Waals surface area contributed by atoms with Gasteiger partial charge in [-0.05, 0) is 37.8 Å². The first-order valence-electron chi connectivity index (χ1n) is 7.41. The highest BCUT2D eigenvalue weighted by Gasteiger charge is 2.10. The third-order valence-electron chi connectivity index (χ3n) is 3.90. The monoisotopic (exact) mass is 284 g/mol. The number of aryl methyl sites for hydroxylation is 1. The fourth-order valence-corrected chi connectivity index (χ4v) is 2.23. The summed E-state index contributed by atoms with van der Waals surface area (Å²) in [5.74, 6) is 2.44. The van der Waals surface area contributed by atoms with Crippen LogP contribution in [-0.2, 0) is 6.54 Å². The van der Waals surface area contributed by atoms with E-state index in [1.54, 1.807) is 6.20 Å². The molecule has 0 aliphatic rings. The summed E-state index contributed by atoms with van der Waals surface area (Å²) < 4.78 is 1.98. The number of aromatic nitrogens is 3. The predicted molar refractivity (Wildman–Crippen MR) is 86.4 cm³/mol. The van der Waals surface area contributed by atoms with Crippen LogP contribution >= 0.6 is 0 Å². The molecule has 2 heterocycles. The molecule has 2 aromatic rings. The lowest BCUT2D eigenvalue weighted by molar-refractivity contribution is 0.402. The van der Waals surface area contributed by atoms with Crippen molar-refractivity contribution in [1.82, 2.24) is 19.9 Å². The zero-order valence-corrected chi connectivity index (χ0v) is 13.1. The van der Waals surface area contributed by atoms with Crippen LogP contribution < -0.4 is 5.32 Å². The maximum Gasteiger partial charge on any atom is 0.137 e. The topological polar surface area (TPSA) is 42.7 Å². The highest BCUT2D eigenvalue weighted by molar-refractivity contribution is 5.27. The Bertz CT molecular complexity index is 571. The van der Waals surface area contributed by atoms with Crippen LogP contribution in [0.2, 0.25) is 0 Å². The Morgan fingerprint density at radius 3 is 2.71 bits per heavy atom. The van der Waals surface area contributed by atoms with Gasteiger partial charge in [0, 0.05) is 31.2 Å². The molecule has 0 radical (unpaired) electrons. The predicted octanol–water partition coefficient (Wildman–Crippen LogP) is 3.27. The lowest BCUT2D eigenvalue weighted by Gasteiger charge is -2.20. The quantitative estimate of drug-likeness (QED) is 0.794. The molecule has 2 aromatic heterocycles. The average molecular weight is 284 g/mol. The highest BCUT2D eigenvalue weighted by Crippen LogP contribution is 2.11. The Balaban J connectivity index is 1.94. The first kappa shape index (κ1) is 15.4. The molecule has 112 valence electrons. The van der Waals surface area contributed by atoms with Gasteiger partial charge in [0.1, 0.15) is 11.6 Å². The van der Waals surface area contributed by atoms with Crippen LogP contribution in [0.1, 0.15) is 31.7 Å². The van der Waals surface area contributed by atoms with E-state index in [1.807, 2.05) is 36.0 Å². The second-order valence-electron chi connectivity index (χ2n) is 5.54. The summed E-state index contributed by atoms with van der Waals surface area (Å²) in [6, 6.07) is 4.60. The molecule has 0 unspecified atom stereocenters. The molecule has 0 aliphatic carbocycles. The van der Waals surface area contributed by atoms with Crippen LogP contribution in [0.3, 0.4) is 0 Å². The van der Waals surface area contributed by atoms with E-state index in [1.165, 1.54) is 5.56 Å². The number of nitrogens with one attached hydrogen (secondary N) is 1. The minimum absolute atomic E-state index is 0.457. The molecular weight excluding hydrogens is 260 g/mol. The third kappa shape index (κ3) is 4.02. The van der Waals surface area contributed by atoms with Crippen molar-refractivity contribution in [1.29, 1.82) is 0 Å². The molecule has 4 nitrogen and oxygen atoms in total.